The molecule has 0 aromatic heterocycles. The third-order valence-corrected chi connectivity index (χ3v) is 10.4. The Morgan fingerprint density at radius 1 is 1.10 bits per heavy atom. The molecule has 0 saturated carbocycles. The van der Waals surface area contributed by atoms with E-state index in [-0.39, 0.29) is 17.4 Å². The molecule has 0 radical (unpaired) electrons. The van der Waals surface area contributed by atoms with E-state index in [4.69, 9.17) is 23.4 Å². The highest BCUT2D eigenvalue weighted by Crippen LogP contribution is 2.37. The molecule has 0 spiro atoms. The first-order valence-electron chi connectivity index (χ1n) is 11.0. The van der Waals surface area contributed by atoms with Gasteiger partial charge in [0.05, 0.1) is 39.6 Å². The molecule has 2 rings (SSSR count). The smallest absolute Gasteiger partial charge is 0.192 e. The summed E-state index contributed by atoms with van der Waals surface area (Å²) in [4.78, 5) is 0. The molecule has 1 aromatic carbocycles. The Morgan fingerprint density at radius 3 is 2.37 bits per heavy atom. The lowest BCUT2D eigenvalue weighted by Crippen LogP contribution is -2.45. The van der Waals surface area contributed by atoms with Crippen molar-refractivity contribution in [2.75, 3.05) is 26.9 Å². The van der Waals surface area contributed by atoms with E-state index < -0.39 is 8.32 Å². The second-order valence-electron chi connectivity index (χ2n) is 9.32. The van der Waals surface area contributed by atoms with E-state index >= 15 is 0 Å². The quantitative estimate of drug-likeness (QED) is 0.311. The van der Waals surface area contributed by atoms with Crippen LogP contribution in [-0.2, 0) is 25.2 Å². The van der Waals surface area contributed by atoms with E-state index in [1.54, 1.807) is 7.11 Å². The molecular weight excluding hydrogens is 396 g/mol. The first-order valence-corrected chi connectivity index (χ1v) is 13.9. The highest BCUT2D eigenvalue weighted by Gasteiger charge is 2.39. The standard InChI is InChI=1S/C24H40O5Si/c1-24(2,3)30(5,6)29-22(10-8-7-9-11-23-27-16-17-28-23)19-26-18-20-12-14-21(25-4)15-13-20/h7-8,12-15,22-23H,9-11,16-19H2,1-6H3/b8-7-/t22-/m0/s1. The summed E-state index contributed by atoms with van der Waals surface area (Å²) in [5.74, 6) is 0.858. The summed E-state index contributed by atoms with van der Waals surface area (Å²) in [5.41, 5.74) is 1.13. The summed E-state index contributed by atoms with van der Waals surface area (Å²) in [7, 11) is -0.194. The minimum atomic E-state index is -1.87. The predicted molar refractivity (Wildman–Crippen MR) is 123 cm³/mol. The van der Waals surface area contributed by atoms with Gasteiger partial charge in [-0.25, -0.2) is 0 Å². The van der Waals surface area contributed by atoms with Crippen molar-refractivity contribution in [2.45, 2.75) is 77.2 Å². The van der Waals surface area contributed by atoms with Gasteiger partial charge in [-0.3, -0.25) is 0 Å². The summed E-state index contributed by atoms with van der Waals surface area (Å²) in [6.45, 7) is 14.0. The van der Waals surface area contributed by atoms with E-state index in [2.05, 4.69) is 46.0 Å². The van der Waals surface area contributed by atoms with Crippen molar-refractivity contribution in [2.24, 2.45) is 0 Å². The molecule has 5 nitrogen and oxygen atoms in total. The van der Waals surface area contributed by atoms with Crippen LogP contribution >= 0.6 is 0 Å². The Labute approximate surface area is 183 Å². The molecule has 1 heterocycles. The van der Waals surface area contributed by atoms with Crippen molar-refractivity contribution in [1.29, 1.82) is 0 Å². The SMILES string of the molecule is COc1ccc(COC[C@H](C/C=C\CCC2OCCO2)O[Si](C)(C)C(C)(C)C)cc1. The molecule has 30 heavy (non-hydrogen) atoms. The predicted octanol–water partition coefficient (Wildman–Crippen LogP) is 5.70. The highest BCUT2D eigenvalue weighted by molar-refractivity contribution is 6.74. The maximum Gasteiger partial charge on any atom is 0.192 e. The number of rotatable bonds is 12. The monoisotopic (exact) mass is 436 g/mol. The van der Waals surface area contributed by atoms with E-state index in [0.717, 1.165) is 30.6 Å². The van der Waals surface area contributed by atoms with Crippen LogP contribution in [0.3, 0.4) is 0 Å². The first kappa shape index (κ1) is 25.1. The Balaban J connectivity index is 1.85. The number of ether oxygens (including phenoxy) is 4. The van der Waals surface area contributed by atoms with Crippen LogP contribution in [0, 0.1) is 0 Å². The molecule has 6 heteroatoms. The third kappa shape index (κ3) is 8.51. The van der Waals surface area contributed by atoms with Gasteiger partial charge in [-0.1, -0.05) is 45.1 Å². The van der Waals surface area contributed by atoms with Gasteiger partial charge in [-0.2, -0.15) is 0 Å². The summed E-state index contributed by atoms with van der Waals surface area (Å²) in [6, 6.07) is 8.00. The maximum atomic E-state index is 6.65. The molecule has 1 atom stereocenters. The van der Waals surface area contributed by atoms with Crippen LogP contribution in [0.1, 0.15) is 45.6 Å². The van der Waals surface area contributed by atoms with Gasteiger partial charge >= 0.3 is 0 Å². The molecule has 1 saturated heterocycles. The van der Waals surface area contributed by atoms with Crippen molar-refractivity contribution in [3.63, 3.8) is 0 Å². The lowest BCUT2D eigenvalue weighted by Gasteiger charge is -2.39. The van der Waals surface area contributed by atoms with E-state index in [0.29, 0.717) is 26.4 Å². The average Bonchev–Trinajstić information content (AvgIpc) is 3.20. The number of allylic oxidation sites excluding steroid dienone is 1. The number of benzene rings is 1. The minimum Gasteiger partial charge on any atom is -0.497 e. The fourth-order valence-electron chi connectivity index (χ4n) is 2.95. The highest BCUT2D eigenvalue weighted by atomic mass is 28.4. The zero-order chi connectivity index (χ0) is 22.0. The van der Waals surface area contributed by atoms with E-state index in [1.807, 2.05) is 24.3 Å². The topological polar surface area (TPSA) is 46.2 Å². The lowest BCUT2D eigenvalue weighted by molar-refractivity contribution is -0.0457. The normalized spacial score (nSPS) is 17.0. The molecule has 1 aliphatic rings. The van der Waals surface area contributed by atoms with Crippen LogP contribution in [0.5, 0.6) is 5.75 Å². The Hall–Kier alpha value is -1.18. The zero-order valence-corrected chi connectivity index (χ0v) is 20.6. The van der Waals surface area contributed by atoms with Crippen LogP contribution in [0.2, 0.25) is 18.1 Å². The number of hydrogen-bond donors (Lipinski definition) is 0. The van der Waals surface area contributed by atoms with Crippen molar-refractivity contribution in [1.82, 2.24) is 0 Å². The Kier molecular flexibility index (Phi) is 10.0. The largest absolute Gasteiger partial charge is 0.497 e. The summed E-state index contributed by atoms with van der Waals surface area (Å²) < 4.78 is 28.9. The summed E-state index contributed by atoms with van der Waals surface area (Å²) in [6.07, 6.45) is 7.13. The summed E-state index contributed by atoms with van der Waals surface area (Å²) in [5, 5.41) is 0.169. The van der Waals surface area contributed by atoms with Crippen molar-refractivity contribution >= 4 is 8.32 Å². The van der Waals surface area contributed by atoms with Gasteiger partial charge in [0.15, 0.2) is 14.6 Å². The molecule has 1 aliphatic heterocycles. The van der Waals surface area contributed by atoms with Gasteiger partial charge < -0.3 is 23.4 Å². The molecule has 0 amide bonds. The van der Waals surface area contributed by atoms with Crippen LogP contribution in [0.15, 0.2) is 36.4 Å². The molecule has 1 aromatic rings. The zero-order valence-electron chi connectivity index (χ0n) is 19.6. The Bertz CT molecular complexity index is 630. The number of methoxy groups -OCH3 is 1. The average molecular weight is 437 g/mol. The fraction of sp³-hybridized carbons (Fsp3) is 0.667. The molecule has 0 N–H and O–H groups in total. The third-order valence-electron chi connectivity index (χ3n) is 5.82. The lowest BCUT2D eigenvalue weighted by atomic mass is 10.2. The van der Waals surface area contributed by atoms with Crippen LogP contribution in [0.4, 0.5) is 0 Å². The van der Waals surface area contributed by atoms with Gasteiger partial charge in [0.1, 0.15) is 5.75 Å². The second kappa shape index (κ2) is 12.0. The van der Waals surface area contributed by atoms with Gasteiger partial charge in [-0.15, -0.1) is 0 Å². The maximum absolute atomic E-state index is 6.65. The molecule has 0 unspecified atom stereocenters. The van der Waals surface area contributed by atoms with Crippen LogP contribution in [-0.4, -0.2) is 47.6 Å². The molecule has 0 aliphatic carbocycles. The van der Waals surface area contributed by atoms with Gasteiger partial charge in [-0.05, 0) is 48.7 Å². The molecular formula is C24H40O5Si. The van der Waals surface area contributed by atoms with Crippen LogP contribution < -0.4 is 4.74 Å². The molecule has 170 valence electrons. The van der Waals surface area contributed by atoms with Gasteiger partial charge in [0, 0.05) is 6.42 Å². The summed E-state index contributed by atoms with van der Waals surface area (Å²) >= 11 is 0. The van der Waals surface area contributed by atoms with Crippen molar-refractivity contribution < 1.29 is 23.4 Å². The van der Waals surface area contributed by atoms with E-state index in [9.17, 15) is 0 Å². The minimum absolute atomic E-state index is 0.0400. The Morgan fingerprint density at radius 2 is 1.77 bits per heavy atom. The second-order valence-corrected chi connectivity index (χ2v) is 14.1. The molecule has 1 fully saturated rings. The molecule has 0 bridgehead atoms. The van der Waals surface area contributed by atoms with Gasteiger partial charge in [0.2, 0.25) is 0 Å². The van der Waals surface area contributed by atoms with Crippen LogP contribution in [0.25, 0.3) is 0 Å². The van der Waals surface area contributed by atoms with Crippen molar-refractivity contribution in [3.05, 3.63) is 42.0 Å². The van der Waals surface area contributed by atoms with E-state index in [1.165, 1.54) is 0 Å². The first-order chi connectivity index (χ1) is 14.2. The fourth-order valence-corrected chi connectivity index (χ4v) is 4.30. The van der Waals surface area contributed by atoms with Crippen molar-refractivity contribution in [3.8, 4) is 5.75 Å². The van der Waals surface area contributed by atoms with Gasteiger partial charge in [0.25, 0.3) is 0 Å². The number of hydrogen-bond acceptors (Lipinski definition) is 5.